The molecular formula is C11H18N2O4S. The van der Waals surface area contributed by atoms with Crippen molar-refractivity contribution in [1.82, 2.24) is 4.90 Å². The van der Waals surface area contributed by atoms with E-state index in [4.69, 9.17) is 15.6 Å². The lowest BCUT2D eigenvalue weighted by Gasteiger charge is -2.27. The number of carbonyl (C=O) groups is 2. The highest BCUT2D eigenvalue weighted by Crippen LogP contribution is 2.45. The third kappa shape index (κ3) is 2.96. The van der Waals surface area contributed by atoms with E-state index < -0.39 is 12.0 Å². The van der Waals surface area contributed by atoms with Crippen LogP contribution >= 0.6 is 11.8 Å². The molecule has 2 aliphatic rings. The maximum absolute atomic E-state index is 12.1. The molecule has 2 atom stereocenters. The second kappa shape index (κ2) is 5.90. The van der Waals surface area contributed by atoms with Crippen LogP contribution in [0.4, 0.5) is 0 Å². The summed E-state index contributed by atoms with van der Waals surface area (Å²) in [6.45, 7) is 0.597. The van der Waals surface area contributed by atoms with Crippen molar-refractivity contribution < 1.29 is 19.4 Å². The van der Waals surface area contributed by atoms with Crippen molar-refractivity contribution in [3.63, 3.8) is 0 Å². The van der Waals surface area contributed by atoms with Crippen LogP contribution in [0.15, 0.2) is 0 Å². The molecule has 1 aliphatic heterocycles. The van der Waals surface area contributed by atoms with Crippen LogP contribution in [-0.4, -0.2) is 58.8 Å². The van der Waals surface area contributed by atoms with Crippen molar-refractivity contribution in [2.24, 2.45) is 11.7 Å². The van der Waals surface area contributed by atoms with Gasteiger partial charge >= 0.3 is 5.97 Å². The van der Waals surface area contributed by atoms with Gasteiger partial charge in [0.1, 0.15) is 12.6 Å². The zero-order valence-corrected chi connectivity index (χ0v) is 10.9. The van der Waals surface area contributed by atoms with Gasteiger partial charge in [-0.25, -0.2) is 4.79 Å². The van der Waals surface area contributed by atoms with Gasteiger partial charge in [-0.3, -0.25) is 4.79 Å². The lowest BCUT2D eigenvalue weighted by atomic mass is 10.2. The molecule has 3 N–H and O–H groups in total. The summed E-state index contributed by atoms with van der Waals surface area (Å²) in [5.41, 5.74) is 5.28. The Morgan fingerprint density at radius 3 is 2.72 bits per heavy atom. The number of thioether (sulfide) groups is 1. The normalized spacial score (nSPS) is 27.5. The number of carbonyl (C=O) groups excluding carboxylic acids is 1. The number of carboxylic acid groups (broad SMARTS) is 1. The molecule has 0 aromatic carbocycles. The number of aliphatic carboxylic acids is 1. The van der Waals surface area contributed by atoms with Crippen LogP contribution in [-0.2, 0) is 14.3 Å². The number of nitrogens with two attached hydrogens (primary N) is 1. The van der Waals surface area contributed by atoms with Crippen molar-refractivity contribution in [3.8, 4) is 0 Å². The number of carboxylic acids is 1. The van der Waals surface area contributed by atoms with Gasteiger partial charge in [-0.2, -0.15) is 0 Å². The van der Waals surface area contributed by atoms with Gasteiger partial charge in [-0.15, -0.1) is 11.8 Å². The molecule has 0 radical (unpaired) electrons. The molecule has 2 unspecified atom stereocenters. The van der Waals surface area contributed by atoms with Crippen LogP contribution in [0.25, 0.3) is 0 Å². The molecule has 1 heterocycles. The largest absolute Gasteiger partial charge is 0.480 e. The van der Waals surface area contributed by atoms with E-state index >= 15 is 0 Å². The van der Waals surface area contributed by atoms with Crippen LogP contribution < -0.4 is 5.73 Å². The SMILES string of the molecule is NCCOCC(=O)N1C(C(=O)O)CSC1C1CC1. The van der Waals surface area contributed by atoms with E-state index in [2.05, 4.69) is 0 Å². The topological polar surface area (TPSA) is 92.9 Å². The minimum atomic E-state index is -0.933. The number of rotatable bonds is 6. The number of amides is 1. The molecule has 102 valence electrons. The van der Waals surface area contributed by atoms with E-state index in [-0.39, 0.29) is 17.9 Å². The Bertz CT molecular complexity index is 335. The molecule has 2 fully saturated rings. The first-order chi connectivity index (χ1) is 8.65. The van der Waals surface area contributed by atoms with Gasteiger partial charge in [0.15, 0.2) is 0 Å². The fourth-order valence-corrected chi connectivity index (χ4v) is 3.75. The van der Waals surface area contributed by atoms with Gasteiger partial charge in [0.25, 0.3) is 0 Å². The Balaban J connectivity index is 1.98. The van der Waals surface area contributed by atoms with Gasteiger partial charge < -0.3 is 20.5 Å². The molecule has 0 spiro atoms. The monoisotopic (exact) mass is 274 g/mol. The molecule has 0 bridgehead atoms. The number of hydrogen-bond acceptors (Lipinski definition) is 5. The Hall–Kier alpha value is -0.790. The fourth-order valence-electron chi connectivity index (χ4n) is 2.10. The minimum absolute atomic E-state index is 0.0140. The second-order valence-corrected chi connectivity index (χ2v) is 5.71. The van der Waals surface area contributed by atoms with Crippen molar-refractivity contribution in [1.29, 1.82) is 0 Å². The molecule has 1 amide bonds. The summed E-state index contributed by atoms with van der Waals surface area (Å²) in [5.74, 6) is -0.243. The van der Waals surface area contributed by atoms with E-state index in [0.717, 1.165) is 12.8 Å². The molecule has 18 heavy (non-hydrogen) atoms. The predicted octanol–water partition coefficient (Wildman–Crippen LogP) is -0.274. The van der Waals surface area contributed by atoms with E-state index in [9.17, 15) is 9.59 Å². The highest BCUT2D eigenvalue weighted by Gasteiger charge is 2.47. The van der Waals surface area contributed by atoms with Gasteiger partial charge in [0.2, 0.25) is 5.91 Å². The van der Waals surface area contributed by atoms with Gasteiger partial charge in [-0.1, -0.05) is 0 Å². The first-order valence-corrected chi connectivity index (χ1v) is 7.13. The maximum Gasteiger partial charge on any atom is 0.327 e. The van der Waals surface area contributed by atoms with Crippen molar-refractivity contribution in [3.05, 3.63) is 0 Å². The van der Waals surface area contributed by atoms with Crippen molar-refractivity contribution in [2.45, 2.75) is 24.3 Å². The van der Waals surface area contributed by atoms with E-state index in [1.807, 2.05) is 0 Å². The van der Waals surface area contributed by atoms with E-state index in [0.29, 0.717) is 24.8 Å². The molecule has 1 saturated carbocycles. The lowest BCUT2D eigenvalue weighted by Crippen LogP contribution is -2.47. The quantitative estimate of drug-likeness (QED) is 0.648. The van der Waals surface area contributed by atoms with Crippen LogP contribution in [0.5, 0.6) is 0 Å². The summed E-state index contributed by atoms with van der Waals surface area (Å²) >= 11 is 1.57. The molecular weight excluding hydrogens is 256 g/mol. The molecule has 7 heteroatoms. The average Bonchev–Trinajstić information content (AvgIpc) is 3.07. The summed E-state index contributed by atoms with van der Waals surface area (Å²) in [7, 11) is 0. The maximum atomic E-state index is 12.1. The third-order valence-electron chi connectivity index (χ3n) is 3.12. The summed E-state index contributed by atoms with van der Waals surface area (Å²) < 4.78 is 5.12. The lowest BCUT2D eigenvalue weighted by molar-refractivity contribution is -0.151. The zero-order chi connectivity index (χ0) is 13.1. The molecule has 0 aromatic heterocycles. The van der Waals surface area contributed by atoms with E-state index in [1.54, 1.807) is 11.8 Å². The van der Waals surface area contributed by atoms with Crippen molar-refractivity contribution in [2.75, 3.05) is 25.5 Å². The fraction of sp³-hybridized carbons (Fsp3) is 0.818. The number of hydrogen-bond donors (Lipinski definition) is 2. The minimum Gasteiger partial charge on any atom is -0.480 e. The van der Waals surface area contributed by atoms with Gasteiger partial charge in [0, 0.05) is 12.3 Å². The third-order valence-corrected chi connectivity index (χ3v) is 4.58. The second-order valence-electron chi connectivity index (χ2n) is 4.56. The Morgan fingerprint density at radius 1 is 1.44 bits per heavy atom. The van der Waals surface area contributed by atoms with Crippen LogP contribution in [0, 0.1) is 5.92 Å². The summed E-state index contributed by atoms with van der Waals surface area (Å²) in [6.07, 6.45) is 2.16. The van der Waals surface area contributed by atoms with Crippen LogP contribution in [0.2, 0.25) is 0 Å². The summed E-state index contributed by atoms with van der Waals surface area (Å²) in [5, 5.41) is 9.17. The molecule has 1 saturated heterocycles. The Kier molecular flexibility index (Phi) is 4.47. The highest BCUT2D eigenvalue weighted by molar-refractivity contribution is 8.00. The van der Waals surface area contributed by atoms with Crippen molar-refractivity contribution >= 4 is 23.6 Å². The first-order valence-electron chi connectivity index (χ1n) is 6.08. The zero-order valence-electron chi connectivity index (χ0n) is 10.1. The average molecular weight is 274 g/mol. The molecule has 2 rings (SSSR count). The van der Waals surface area contributed by atoms with E-state index in [1.165, 1.54) is 4.90 Å². The van der Waals surface area contributed by atoms with Crippen LogP contribution in [0.1, 0.15) is 12.8 Å². The predicted molar refractivity (Wildman–Crippen MR) is 67.1 cm³/mol. The first kappa shape index (κ1) is 13.6. The summed E-state index contributed by atoms with van der Waals surface area (Å²) in [4.78, 5) is 24.7. The van der Waals surface area contributed by atoms with Gasteiger partial charge in [0.05, 0.1) is 12.0 Å². The number of nitrogens with zero attached hydrogens (tertiary/aromatic N) is 1. The Labute approximate surface area is 110 Å². The van der Waals surface area contributed by atoms with Gasteiger partial charge in [-0.05, 0) is 18.8 Å². The molecule has 1 aliphatic carbocycles. The number of ether oxygens (including phenoxy) is 1. The standard InChI is InChI=1S/C11H18N2O4S/c12-3-4-17-5-9(14)13-8(11(15)16)6-18-10(13)7-1-2-7/h7-8,10H,1-6,12H2,(H,15,16). The summed E-state index contributed by atoms with van der Waals surface area (Å²) in [6, 6.07) is -0.713. The van der Waals surface area contributed by atoms with Crippen LogP contribution in [0.3, 0.4) is 0 Å². The smallest absolute Gasteiger partial charge is 0.327 e. The highest BCUT2D eigenvalue weighted by atomic mass is 32.2. The Morgan fingerprint density at radius 2 is 2.17 bits per heavy atom. The molecule has 0 aromatic rings. The molecule has 6 nitrogen and oxygen atoms in total.